The maximum absolute atomic E-state index is 10.3. The van der Waals surface area contributed by atoms with Crippen LogP contribution >= 0.6 is 0 Å². The molecule has 0 radical (unpaired) electrons. The molecule has 8 nitrogen and oxygen atoms in total. The predicted octanol–water partition coefficient (Wildman–Crippen LogP) is 1.72. The van der Waals surface area contributed by atoms with E-state index in [2.05, 4.69) is 37.3 Å². The minimum absolute atomic E-state index is 0.0975. The summed E-state index contributed by atoms with van der Waals surface area (Å²) in [6.07, 6.45) is 6.08. The second kappa shape index (κ2) is 6.48. The third kappa shape index (κ3) is 3.29. The number of rotatable bonds is 4. The van der Waals surface area contributed by atoms with Gasteiger partial charge in [0.2, 0.25) is 0 Å². The van der Waals surface area contributed by atoms with Gasteiger partial charge in [0.05, 0.1) is 12.4 Å². The van der Waals surface area contributed by atoms with E-state index in [0.29, 0.717) is 11.3 Å². The number of phenols is 1. The molecule has 128 valence electrons. The van der Waals surface area contributed by atoms with Crippen LogP contribution in [-0.2, 0) is 0 Å². The number of aromatic nitrogens is 5. The first-order valence-electron chi connectivity index (χ1n) is 8.06. The molecule has 4 rings (SSSR count). The van der Waals surface area contributed by atoms with Crippen LogP contribution in [0.1, 0.15) is 6.42 Å². The minimum Gasteiger partial charge on any atom is -0.507 e. The Bertz CT molecular complexity index is 850. The Labute approximate surface area is 144 Å². The lowest BCUT2D eigenvalue weighted by molar-refractivity contribution is 0.189. The first-order chi connectivity index (χ1) is 12.2. The fraction of sp³-hybridized carbons (Fsp3) is 0.294. The summed E-state index contributed by atoms with van der Waals surface area (Å²) < 4.78 is 5.74. The largest absolute Gasteiger partial charge is 0.507 e. The molecule has 1 aromatic carbocycles. The third-order valence-electron chi connectivity index (χ3n) is 4.27. The highest BCUT2D eigenvalue weighted by molar-refractivity contribution is 5.73. The predicted molar refractivity (Wildman–Crippen MR) is 91.0 cm³/mol. The summed E-state index contributed by atoms with van der Waals surface area (Å²) >= 11 is 0. The molecule has 0 bridgehead atoms. The Morgan fingerprint density at radius 2 is 2.16 bits per heavy atom. The quantitative estimate of drug-likeness (QED) is 0.747. The van der Waals surface area contributed by atoms with Gasteiger partial charge in [-0.15, -0.1) is 5.10 Å². The van der Waals surface area contributed by atoms with E-state index in [1.807, 2.05) is 6.07 Å². The Morgan fingerprint density at radius 1 is 1.24 bits per heavy atom. The van der Waals surface area contributed by atoms with Crippen LogP contribution in [0.15, 0.2) is 36.8 Å². The molecule has 0 amide bonds. The van der Waals surface area contributed by atoms with E-state index in [1.54, 1.807) is 30.7 Å². The molecule has 3 heterocycles. The van der Waals surface area contributed by atoms with Gasteiger partial charge in [-0.1, -0.05) is 11.2 Å². The molecule has 8 heteroatoms. The summed E-state index contributed by atoms with van der Waals surface area (Å²) in [5.74, 6) is 0.112. The Hall–Kier alpha value is -3.00. The number of hydrogen-bond donors (Lipinski definition) is 2. The minimum atomic E-state index is 0.0975. The number of ether oxygens (including phenoxy) is 1. The Balaban J connectivity index is 1.52. The number of likely N-dealkylation sites (N-methyl/N-ethyl adjacent to an activating group) is 1. The first kappa shape index (κ1) is 15.5. The van der Waals surface area contributed by atoms with Gasteiger partial charge in [-0.05, 0) is 31.2 Å². The van der Waals surface area contributed by atoms with Gasteiger partial charge in [-0.2, -0.15) is 5.10 Å². The average molecular weight is 338 g/mol. The summed E-state index contributed by atoms with van der Waals surface area (Å²) in [6.45, 7) is 1.87. The summed E-state index contributed by atoms with van der Waals surface area (Å²) in [4.78, 5) is 6.42. The van der Waals surface area contributed by atoms with Crippen molar-refractivity contribution in [3.63, 3.8) is 0 Å². The molecular formula is C17H18N6O2. The smallest absolute Gasteiger partial charge is 0.335 e. The van der Waals surface area contributed by atoms with Crippen LogP contribution in [0.2, 0.25) is 0 Å². The zero-order valence-electron chi connectivity index (χ0n) is 13.8. The number of phenolic OH excluding ortho intramolecular Hbond substituents is 1. The lowest BCUT2D eigenvalue weighted by atomic mass is 10.0. The molecule has 1 saturated heterocycles. The highest BCUT2D eigenvalue weighted by Gasteiger charge is 2.22. The van der Waals surface area contributed by atoms with Gasteiger partial charge in [0.1, 0.15) is 17.5 Å². The number of H-pyrrole nitrogens is 1. The van der Waals surface area contributed by atoms with Gasteiger partial charge in [0.15, 0.2) is 0 Å². The number of nitrogens with zero attached hydrogens (tertiary/aromatic N) is 5. The number of nitrogens with one attached hydrogen (secondary N) is 1. The second-order valence-corrected chi connectivity index (χ2v) is 6.14. The van der Waals surface area contributed by atoms with Gasteiger partial charge in [0, 0.05) is 30.4 Å². The van der Waals surface area contributed by atoms with E-state index >= 15 is 0 Å². The highest BCUT2D eigenvalue weighted by atomic mass is 16.5. The van der Waals surface area contributed by atoms with Crippen LogP contribution in [0.25, 0.3) is 22.4 Å². The highest BCUT2D eigenvalue weighted by Crippen LogP contribution is 2.31. The van der Waals surface area contributed by atoms with Crippen molar-refractivity contribution in [3.05, 3.63) is 36.8 Å². The van der Waals surface area contributed by atoms with Crippen LogP contribution in [0.4, 0.5) is 0 Å². The van der Waals surface area contributed by atoms with Crippen molar-refractivity contribution in [1.82, 2.24) is 30.3 Å². The fourth-order valence-corrected chi connectivity index (χ4v) is 2.92. The molecular weight excluding hydrogens is 320 g/mol. The van der Waals surface area contributed by atoms with E-state index in [-0.39, 0.29) is 17.9 Å². The number of benzene rings is 1. The SMILES string of the molecule is CN1CC[C@H](Oc2ncc(-c3ccc(-c4cn[nH]c4)cc3O)nn2)C1. The maximum Gasteiger partial charge on any atom is 0.335 e. The van der Waals surface area contributed by atoms with E-state index in [1.165, 1.54) is 0 Å². The van der Waals surface area contributed by atoms with Gasteiger partial charge < -0.3 is 14.7 Å². The number of likely N-dealkylation sites (tertiary alicyclic amines) is 1. The van der Waals surface area contributed by atoms with Crippen LogP contribution in [0.5, 0.6) is 11.8 Å². The third-order valence-corrected chi connectivity index (χ3v) is 4.27. The Kier molecular flexibility index (Phi) is 4.02. The van der Waals surface area contributed by atoms with E-state index in [4.69, 9.17) is 4.74 Å². The van der Waals surface area contributed by atoms with E-state index in [0.717, 1.165) is 30.6 Å². The van der Waals surface area contributed by atoms with Crippen molar-refractivity contribution in [2.24, 2.45) is 0 Å². The average Bonchev–Trinajstić information content (AvgIpc) is 3.28. The van der Waals surface area contributed by atoms with Gasteiger partial charge >= 0.3 is 6.01 Å². The number of aromatic hydroxyl groups is 1. The van der Waals surface area contributed by atoms with Crippen molar-refractivity contribution >= 4 is 0 Å². The van der Waals surface area contributed by atoms with Crippen molar-refractivity contribution in [3.8, 4) is 34.1 Å². The molecule has 1 fully saturated rings. The molecule has 25 heavy (non-hydrogen) atoms. The van der Waals surface area contributed by atoms with E-state index < -0.39 is 0 Å². The van der Waals surface area contributed by atoms with Crippen LogP contribution in [-0.4, -0.2) is 61.6 Å². The number of aromatic amines is 1. The van der Waals surface area contributed by atoms with Crippen LogP contribution in [0.3, 0.4) is 0 Å². The topological polar surface area (TPSA) is 100 Å². The molecule has 1 aliphatic rings. The molecule has 0 saturated carbocycles. The van der Waals surface area contributed by atoms with Crippen LogP contribution < -0.4 is 4.74 Å². The van der Waals surface area contributed by atoms with Crippen molar-refractivity contribution in [1.29, 1.82) is 0 Å². The first-order valence-corrected chi connectivity index (χ1v) is 8.06. The van der Waals surface area contributed by atoms with Crippen molar-refractivity contribution in [2.45, 2.75) is 12.5 Å². The zero-order chi connectivity index (χ0) is 17.2. The lowest BCUT2D eigenvalue weighted by Crippen LogP contribution is -2.22. The maximum atomic E-state index is 10.3. The number of hydrogen-bond acceptors (Lipinski definition) is 7. The second-order valence-electron chi connectivity index (χ2n) is 6.14. The molecule has 1 aliphatic heterocycles. The Morgan fingerprint density at radius 3 is 2.80 bits per heavy atom. The van der Waals surface area contributed by atoms with Crippen LogP contribution in [0, 0.1) is 0 Å². The van der Waals surface area contributed by atoms with Crippen molar-refractivity contribution < 1.29 is 9.84 Å². The normalized spacial score (nSPS) is 17.7. The van der Waals surface area contributed by atoms with Gasteiger partial charge in [-0.25, -0.2) is 4.98 Å². The lowest BCUT2D eigenvalue weighted by Gasteiger charge is -2.11. The molecule has 2 N–H and O–H groups in total. The summed E-state index contributed by atoms with van der Waals surface area (Å²) in [7, 11) is 2.06. The molecule has 0 aliphatic carbocycles. The molecule has 0 unspecified atom stereocenters. The monoisotopic (exact) mass is 338 g/mol. The van der Waals surface area contributed by atoms with Crippen molar-refractivity contribution in [2.75, 3.05) is 20.1 Å². The van der Waals surface area contributed by atoms with Gasteiger partial charge in [-0.3, -0.25) is 5.10 Å². The zero-order valence-corrected chi connectivity index (χ0v) is 13.8. The van der Waals surface area contributed by atoms with E-state index in [9.17, 15) is 5.11 Å². The van der Waals surface area contributed by atoms with Gasteiger partial charge in [0.25, 0.3) is 0 Å². The molecule has 2 aromatic heterocycles. The summed E-state index contributed by atoms with van der Waals surface area (Å²) in [5.41, 5.74) is 2.82. The fourth-order valence-electron chi connectivity index (χ4n) is 2.92. The standard InChI is InChI=1S/C17H18N6O2/c1-23-5-4-13(10-23)25-17-18-9-15(21-22-17)14-3-2-11(6-16(14)24)12-7-19-20-8-12/h2-3,6-9,13,24H,4-5,10H2,1H3,(H,19,20)/t13-/m0/s1. The molecule has 3 aromatic rings. The molecule has 1 atom stereocenters. The molecule has 0 spiro atoms. The summed E-state index contributed by atoms with van der Waals surface area (Å²) in [6, 6.07) is 5.61. The summed E-state index contributed by atoms with van der Waals surface area (Å²) in [5, 5.41) is 25.1.